The molecule has 1 aromatic heterocycles. The number of aromatic nitrogens is 2. The number of carbonyl (C=O) groups is 1. The number of likely N-dealkylation sites (N-methyl/N-ethyl adjacent to an activating group) is 1. The Hall–Kier alpha value is -1.85. The molecule has 84 valence electrons. The predicted octanol–water partition coefficient (Wildman–Crippen LogP) is 0.613. The van der Waals surface area contributed by atoms with Crippen molar-refractivity contribution in [3.63, 3.8) is 0 Å². The van der Waals surface area contributed by atoms with E-state index in [-0.39, 0.29) is 17.9 Å². The summed E-state index contributed by atoms with van der Waals surface area (Å²) < 4.78 is 14.3. The number of hydrogen-bond acceptors (Lipinski definition) is 2. The maximum Gasteiger partial charge on any atom is 0.320 e. The van der Waals surface area contributed by atoms with Crippen LogP contribution in [0.5, 0.6) is 0 Å². The quantitative estimate of drug-likeness (QED) is 0.698. The minimum absolute atomic E-state index is 0.0175. The minimum atomic E-state index is -0.367. The number of amides is 2. The van der Waals surface area contributed by atoms with E-state index in [9.17, 15) is 9.18 Å². The SMILES string of the molecule is CN1C(=O)N2CC(n3cc(F)cn3)=CC1C2. The summed E-state index contributed by atoms with van der Waals surface area (Å²) in [5, 5.41) is 3.90. The number of rotatable bonds is 1. The Morgan fingerprint density at radius 2 is 2.38 bits per heavy atom. The standard InChI is InChI=1S/C10H11FN4O/c1-13-8-2-9(6-14(5-8)10(13)16)15-4-7(11)3-12-15/h2-4,8H,5-6H2,1H3. The lowest BCUT2D eigenvalue weighted by Gasteiger charge is -2.21. The van der Waals surface area contributed by atoms with Gasteiger partial charge in [-0.3, -0.25) is 0 Å². The topological polar surface area (TPSA) is 41.4 Å². The van der Waals surface area contributed by atoms with E-state index in [4.69, 9.17) is 0 Å². The zero-order chi connectivity index (χ0) is 11.3. The predicted molar refractivity (Wildman–Crippen MR) is 55.0 cm³/mol. The van der Waals surface area contributed by atoms with Gasteiger partial charge in [-0.2, -0.15) is 5.10 Å². The largest absolute Gasteiger partial charge is 0.320 e. The zero-order valence-corrected chi connectivity index (χ0v) is 8.80. The smallest absolute Gasteiger partial charge is 0.319 e. The van der Waals surface area contributed by atoms with E-state index in [0.717, 1.165) is 11.9 Å². The normalized spacial score (nSPS) is 24.0. The van der Waals surface area contributed by atoms with Crippen molar-refractivity contribution in [2.45, 2.75) is 6.04 Å². The van der Waals surface area contributed by atoms with Crippen LogP contribution in [-0.4, -0.2) is 51.8 Å². The molecular weight excluding hydrogens is 211 g/mol. The van der Waals surface area contributed by atoms with Crippen molar-refractivity contribution in [1.29, 1.82) is 0 Å². The van der Waals surface area contributed by atoms with Crippen molar-refractivity contribution in [1.82, 2.24) is 19.6 Å². The average Bonchev–Trinajstić information content (AvgIpc) is 2.79. The molecule has 2 aliphatic heterocycles. The molecule has 1 fully saturated rings. The third kappa shape index (κ3) is 1.22. The number of urea groups is 1. The fourth-order valence-electron chi connectivity index (χ4n) is 2.17. The van der Waals surface area contributed by atoms with E-state index in [2.05, 4.69) is 5.10 Å². The molecule has 0 spiro atoms. The Bertz CT molecular complexity index is 481. The Balaban J connectivity index is 1.95. The van der Waals surface area contributed by atoms with Crippen LogP contribution >= 0.6 is 0 Å². The first kappa shape index (κ1) is 9.38. The maximum atomic E-state index is 12.8. The van der Waals surface area contributed by atoms with Gasteiger partial charge in [0.05, 0.1) is 30.7 Å². The molecule has 1 unspecified atom stereocenters. The number of fused-ring (bicyclic) bond motifs is 2. The number of hydrogen-bond donors (Lipinski definition) is 0. The van der Waals surface area contributed by atoms with Crippen molar-refractivity contribution in [2.24, 2.45) is 0 Å². The highest BCUT2D eigenvalue weighted by atomic mass is 19.1. The molecule has 0 aromatic carbocycles. The molecule has 3 heterocycles. The lowest BCUT2D eigenvalue weighted by Crippen LogP contribution is -2.31. The van der Waals surface area contributed by atoms with Crippen molar-refractivity contribution >= 4 is 11.7 Å². The van der Waals surface area contributed by atoms with Crippen LogP contribution in [0, 0.1) is 5.82 Å². The van der Waals surface area contributed by atoms with Crippen LogP contribution in [0.2, 0.25) is 0 Å². The Morgan fingerprint density at radius 3 is 3.00 bits per heavy atom. The molecule has 0 N–H and O–H groups in total. The van der Waals surface area contributed by atoms with E-state index in [1.807, 2.05) is 6.08 Å². The second kappa shape index (κ2) is 3.07. The maximum absolute atomic E-state index is 12.8. The average molecular weight is 222 g/mol. The van der Waals surface area contributed by atoms with Gasteiger partial charge < -0.3 is 9.80 Å². The lowest BCUT2D eigenvalue weighted by atomic mass is 10.2. The van der Waals surface area contributed by atoms with Crippen molar-refractivity contribution in [2.75, 3.05) is 20.1 Å². The summed E-state index contributed by atoms with van der Waals surface area (Å²) in [5.41, 5.74) is 0.845. The first-order valence-electron chi connectivity index (χ1n) is 5.08. The number of halogens is 1. The molecule has 1 atom stereocenters. The lowest BCUT2D eigenvalue weighted by molar-refractivity contribution is 0.201. The van der Waals surface area contributed by atoms with Gasteiger partial charge in [0, 0.05) is 13.6 Å². The van der Waals surface area contributed by atoms with E-state index in [0.29, 0.717) is 13.1 Å². The van der Waals surface area contributed by atoms with Gasteiger partial charge in [0.1, 0.15) is 0 Å². The third-order valence-corrected chi connectivity index (χ3v) is 3.06. The van der Waals surface area contributed by atoms with E-state index >= 15 is 0 Å². The molecule has 2 aliphatic rings. The summed E-state index contributed by atoms with van der Waals surface area (Å²) in [7, 11) is 1.77. The van der Waals surface area contributed by atoms with Gasteiger partial charge in [0.15, 0.2) is 5.82 Å². The summed E-state index contributed by atoms with van der Waals surface area (Å²) in [6.07, 6.45) is 4.45. The van der Waals surface area contributed by atoms with Crippen LogP contribution in [0.25, 0.3) is 5.70 Å². The molecule has 2 amide bonds. The summed E-state index contributed by atoms with van der Waals surface area (Å²) >= 11 is 0. The first-order valence-corrected chi connectivity index (χ1v) is 5.08. The summed E-state index contributed by atoms with van der Waals surface area (Å²) in [6, 6.07) is 0.0902. The van der Waals surface area contributed by atoms with Crippen LogP contribution in [0.3, 0.4) is 0 Å². The Labute approximate surface area is 91.7 Å². The van der Waals surface area contributed by atoms with Crippen molar-refractivity contribution < 1.29 is 9.18 Å². The van der Waals surface area contributed by atoms with Crippen LogP contribution in [0.15, 0.2) is 18.5 Å². The summed E-state index contributed by atoms with van der Waals surface area (Å²) in [4.78, 5) is 15.1. The second-order valence-corrected chi connectivity index (χ2v) is 4.10. The van der Waals surface area contributed by atoms with Crippen LogP contribution in [0.4, 0.5) is 9.18 Å². The highest BCUT2D eigenvalue weighted by Gasteiger charge is 2.37. The van der Waals surface area contributed by atoms with Crippen LogP contribution in [-0.2, 0) is 0 Å². The van der Waals surface area contributed by atoms with Gasteiger partial charge in [-0.1, -0.05) is 0 Å². The Morgan fingerprint density at radius 1 is 1.56 bits per heavy atom. The molecule has 0 radical (unpaired) electrons. The van der Waals surface area contributed by atoms with Gasteiger partial charge in [-0.15, -0.1) is 0 Å². The monoisotopic (exact) mass is 222 g/mol. The zero-order valence-electron chi connectivity index (χ0n) is 8.80. The van der Waals surface area contributed by atoms with Gasteiger partial charge in [0.2, 0.25) is 0 Å². The number of carbonyl (C=O) groups excluding carboxylic acids is 1. The van der Waals surface area contributed by atoms with Crippen molar-refractivity contribution in [3.05, 3.63) is 24.3 Å². The third-order valence-electron chi connectivity index (χ3n) is 3.06. The molecule has 6 heteroatoms. The van der Waals surface area contributed by atoms with E-state index < -0.39 is 0 Å². The molecule has 3 rings (SSSR count). The number of nitrogens with zero attached hydrogens (tertiary/aromatic N) is 4. The summed E-state index contributed by atoms with van der Waals surface area (Å²) in [5.74, 6) is -0.367. The van der Waals surface area contributed by atoms with Gasteiger partial charge in [-0.25, -0.2) is 13.9 Å². The van der Waals surface area contributed by atoms with Gasteiger partial charge >= 0.3 is 6.03 Å². The van der Waals surface area contributed by atoms with Gasteiger partial charge in [-0.05, 0) is 6.08 Å². The minimum Gasteiger partial charge on any atom is -0.319 e. The second-order valence-electron chi connectivity index (χ2n) is 4.10. The van der Waals surface area contributed by atoms with E-state index in [1.165, 1.54) is 10.9 Å². The highest BCUT2D eigenvalue weighted by Crippen LogP contribution is 2.24. The van der Waals surface area contributed by atoms with Gasteiger partial charge in [0.25, 0.3) is 0 Å². The van der Waals surface area contributed by atoms with Crippen LogP contribution < -0.4 is 0 Å². The van der Waals surface area contributed by atoms with E-state index in [1.54, 1.807) is 16.8 Å². The highest BCUT2D eigenvalue weighted by molar-refractivity contribution is 5.80. The molecule has 0 aliphatic carbocycles. The fourth-order valence-corrected chi connectivity index (χ4v) is 2.17. The molecule has 2 bridgehead atoms. The molecule has 5 nitrogen and oxygen atoms in total. The Kier molecular flexibility index (Phi) is 1.80. The van der Waals surface area contributed by atoms with Crippen LogP contribution in [0.1, 0.15) is 0 Å². The molecule has 1 aromatic rings. The summed E-state index contributed by atoms with van der Waals surface area (Å²) in [6.45, 7) is 1.20. The fraction of sp³-hybridized carbons (Fsp3) is 0.400. The molecule has 16 heavy (non-hydrogen) atoms. The first-order chi connectivity index (χ1) is 7.65. The molecule has 0 saturated carbocycles. The molecule has 1 saturated heterocycles. The van der Waals surface area contributed by atoms with Crippen molar-refractivity contribution in [3.8, 4) is 0 Å². The molecular formula is C10H11FN4O.